The Hall–Kier alpha value is -3.08. The van der Waals surface area contributed by atoms with Crippen molar-refractivity contribution in [3.05, 3.63) is 77.1 Å². The summed E-state index contributed by atoms with van der Waals surface area (Å²) in [7, 11) is 2.15. The van der Waals surface area contributed by atoms with Gasteiger partial charge in [0.15, 0.2) is 5.82 Å². The van der Waals surface area contributed by atoms with Gasteiger partial charge in [-0.2, -0.15) is 5.26 Å². The van der Waals surface area contributed by atoms with Crippen LogP contribution in [0.5, 0.6) is 0 Å². The van der Waals surface area contributed by atoms with Crippen molar-refractivity contribution in [2.45, 2.75) is 19.0 Å². The van der Waals surface area contributed by atoms with E-state index < -0.39 is 0 Å². The fraction of sp³-hybridized carbons (Fsp3) is 0.364. The Balaban J connectivity index is 1.62. The Morgan fingerprint density at radius 2 is 1.72 bits per heavy atom. The van der Waals surface area contributed by atoms with Crippen molar-refractivity contribution in [3.8, 4) is 6.07 Å². The highest BCUT2D eigenvalue weighted by Crippen LogP contribution is 2.28. The lowest BCUT2D eigenvalue weighted by atomic mass is 10.0. The Bertz CT molecular complexity index is 951. The minimum absolute atomic E-state index is 0.0257. The molecule has 2 heterocycles. The van der Waals surface area contributed by atoms with Gasteiger partial charge in [-0.05, 0) is 47.2 Å². The molecule has 29 heavy (non-hydrogen) atoms. The standard InChI is InChI=1S/C22H25N7/c1-27-13-15-28(16-14-27)21(20-9-7-19(17-23)8-10-20)22-24-25-26-29(22)12-11-18-5-3-2-4-6-18/h2-10,21H,11-16H2,1H3. The van der Waals surface area contributed by atoms with Gasteiger partial charge in [-0.1, -0.05) is 42.5 Å². The topological polar surface area (TPSA) is 73.9 Å². The highest BCUT2D eigenvalue weighted by Gasteiger charge is 2.29. The molecule has 1 saturated heterocycles. The van der Waals surface area contributed by atoms with Crippen molar-refractivity contribution in [1.29, 1.82) is 5.26 Å². The molecule has 1 aliphatic rings. The minimum Gasteiger partial charge on any atom is -0.304 e. The predicted molar refractivity (Wildman–Crippen MR) is 110 cm³/mol. The smallest absolute Gasteiger partial charge is 0.173 e. The number of hydrogen-bond acceptors (Lipinski definition) is 6. The van der Waals surface area contributed by atoms with Gasteiger partial charge in [0.25, 0.3) is 0 Å². The number of tetrazole rings is 1. The first-order valence-electron chi connectivity index (χ1n) is 9.97. The molecule has 148 valence electrons. The first-order valence-corrected chi connectivity index (χ1v) is 9.97. The average molecular weight is 387 g/mol. The van der Waals surface area contributed by atoms with Crippen LogP contribution in [0, 0.1) is 11.3 Å². The molecule has 0 saturated carbocycles. The largest absolute Gasteiger partial charge is 0.304 e. The molecule has 0 spiro atoms. The summed E-state index contributed by atoms with van der Waals surface area (Å²) in [5.74, 6) is 0.857. The molecular weight excluding hydrogens is 362 g/mol. The molecule has 1 aliphatic heterocycles. The molecule has 0 bridgehead atoms. The summed E-state index contributed by atoms with van der Waals surface area (Å²) >= 11 is 0. The molecule has 7 nitrogen and oxygen atoms in total. The van der Waals surface area contributed by atoms with Crippen molar-refractivity contribution in [3.63, 3.8) is 0 Å². The molecule has 4 rings (SSSR count). The quantitative estimate of drug-likeness (QED) is 0.645. The number of piperazine rings is 1. The van der Waals surface area contributed by atoms with E-state index in [1.54, 1.807) is 0 Å². The van der Waals surface area contributed by atoms with Gasteiger partial charge in [0.1, 0.15) is 0 Å². The van der Waals surface area contributed by atoms with E-state index in [9.17, 15) is 0 Å². The summed E-state index contributed by atoms with van der Waals surface area (Å²) in [6.45, 7) is 4.66. The number of hydrogen-bond donors (Lipinski definition) is 0. The van der Waals surface area contributed by atoms with Crippen LogP contribution in [0.2, 0.25) is 0 Å². The van der Waals surface area contributed by atoms with Crippen LogP contribution in [0.3, 0.4) is 0 Å². The summed E-state index contributed by atoms with van der Waals surface area (Å²) < 4.78 is 1.92. The zero-order valence-electron chi connectivity index (χ0n) is 16.6. The van der Waals surface area contributed by atoms with Gasteiger partial charge < -0.3 is 4.90 Å². The van der Waals surface area contributed by atoms with Crippen LogP contribution in [0.15, 0.2) is 54.6 Å². The van der Waals surface area contributed by atoms with Gasteiger partial charge in [-0.25, -0.2) is 4.68 Å². The maximum atomic E-state index is 9.15. The molecule has 1 unspecified atom stereocenters. The normalized spacial score (nSPS) is 16.4. The molecule has 2 aromatic carbocycles. The molecular formula is C22H25N7. The predicted octanol–water partition coefficient (Wildman–Crippen LogP) is 2.12. The van der Waals surface area contributed by atoms with Crippen LogP contribution in [-0.4, -0.2) is 63.2 Å². The summed E-state index contributed by atoms with van der Waals surface area (Å²) in [5, 5.41) is 21.9. The van der Waals surface area contributed by atoms with Crippen LogP contribution in [-0.2, 0) is 13.0 Å². The third kappa shape index (κ3) is 4.50. The summed E-state index contributed by atoms with van der Waals surface area (Å²) in [6, 6.07) is 20.4. The van der Waals surface area contributed by atoms with Gasteiger partial charge in [0.05, 0.1) is 17.7 Å². The van der Waals surface area contributed by atoms with E-state index in [0.29, 0.717) is 5.56 Å². The number of nitriles is 1. The number of rotatable bonds is 6. The minimum atomic E-state index is -0.0257. The van der Waals surface area contributed by atoms with E-state index in [1.807, 2.05) is 35.0 Å². The maximum Gasteiger partial charge on any atom is 0.173 e. The summed E-state index contributed by atoms with van der Waals surface area (Å²) in [5.41, 5.74) is 3.04. The van der Waals surface area contributed by atoms with Crippen LogP contribution in [0.4, 0.5) is 0 Å². The van der Waals surface area contributed by atoms with Crippen molar-refractivity contribution in [2.75, 3.05) is 33.2 Å². The van der Waals surface area contributed by atoms with Crippen molar-refractivity contribution < 1.29 is 0 Å². The second-order valence-corrected chi connectivity index (χ2v) is 7.47. The number of benzene rings is 2. The Labute approximate surface area is 171 Å². The van der Waals surface area contributed by atoms with Gasteiger partial charge in [-0.3, -0.25) is 4.90 Å². The molecule has 7 heteroatoms. The number of aryl methyl sites for hydroxylation is 2. The molecule has 0 aliphatic carbocycles. The molecule has 0 N–H and O–H groups in total. The molecule has 0 radical (unpaired) electrons. The second kappa shape index (κ2) is 8.95. The zero-order chi connectivity index (χ0) is 20.1. The highest BCUT2D eigenvalue weighted by atomic mass is 15.5. The SMILES string of the molecule is CN1CCN(C(c2ccc(C#N)cc2)c2nnnn2CCc2ccccc2)CC1. The van der Waals surface area contributed by atoms with Crippen LogP contribution in [0.1, 0.15) is 28.6 Å². The van der Waals surface area contributed by atoms with Crippen molar-refractivity contribution in [1.82, 2.24) is 30.0 Å². The van der Waals surface area contributed by atoms with E-state index in [0.717, 1.165) is 50.5 Å². The van der Waals surface area contributed by atoms with Crippen molar-refractivity contribution in [2.24, 2.45) is 0 Å². The van der Waals surface area contributed by atoms with Crippen LogP contribution in [0.25, 0.3) is 0 Å². The van der Waals surface area contributed by atoms with E-state index in [-0.39, 0.29) is 6.04 Å². The number of likely N-dealkylation sites (N-methyl/N-ethyl adjacent to an activating group) is 1. The summed E-state index contributed by atoms with van der Waals surface area (Å²) in [4.78, 5) is 4.77. The van der Waals surface area contributed by atoms with E-state index in [4.69, 9.17) is 5.26 Å². The zero-order valence-corrected chi connectivity index (χ0v) is 16.6. The number of aromatic nitrogens is 4. The Morgan fingerprint density at radius 3 is 2.41 bits per heavy atom. The Kier molecular flexibility index (Phi) is 5.94. The Morgan fingerprint density at radius 1 is 1.00 bits per heavy atom. The van der Waals surface area contributed by atoms with Gasteiger partial charge in [-0.15, -0.1) is 5.10 Å². The molecule has 3 aromatic rings. The van der Waals surface area contributed by atoms with Gasteiger partial charge >= 0.3 is 0 Å². The lowest BCUT2D eigenvalue weighted by Gasteiger charge is -2.37. The van der Waals surface area contributed by atoms with Gasteiger partial charge in [0.2, 0.25) is 0 Å². The van der Waals surface area contributed by atoms with E-state index >= 15 is 0 Å². The molecule has 1 aromatic heterocycles. The summed E-state index contributed by atoms with van der Waals surface area (Å²) in [6.07, 6.45) is 0.877. The lowest BCUT2D eigenvalue weighted by molar-refractivity contribution is 0.121. The third-order valence-electron chi connectivity index (χ3n) is 5.52. The average Bonchev–Trinajstić information content (AvgIpc) is 3.23. The highest BCUT2D eigenvalue weighted by molar-refractivity contribution is 5.35. The molecule has 0 amide bonds. The monoisotopic (exact) mass is 387 g/mol. The molecule has 1 fully saturated rings. The van der Waals surface area contributed by atoms with Crippen LogP contribution < -0.4 is 0 Å². The lowest BCUT2D eigenvalue weighted by Crippen LogP contribution is -2.46. The van der Waals surface area contributed by atoms with Crippen LogP contribution >= 0.6 is 0 Å². The number of nitrogens with zero attached hydrogens (tertiary/aromatic N) is 7. The fourth-order valence-electron chi connectivity index (χ4n) is 3.79. The van der Waals surface area contributed by atoms with Gasteiger partial charge in [0, 0.05) is 32.7 Å². The van der Waals surface area contributed by atoms with E-state index in [2.05, 4.69) is 62.7 Å². The van der Waals surface area contributed by atoms with Crippen molar-refractivity contribution >= 4 is 0 Å². The fourth-order valence-corrected chi connectivity index (χ4v) is 3.79. The van der Waals surface area contributed by atoms with E-state index in [1.165, 1.54) is 5.56 Å². The first-order chi connectivity index (χ1) is 14.2. The second-order valence-electron chi connectivity index (χ2n) is 7.47. The molecule has 1 atom stereocenters. The third-order valence-corrected chi connectivity index (χ3v) is 5.52. The first kappa shape index (κ1) is 19.2. The maximum absolute atomic E-state index is 9.15.